The van der Waals surface area contributed by atoms with Crippen LogP contribution in [0.5, 0.6) is 5.75 Å². The van der Waals surface area contributed by atoms with Crippen molar-refractivity contribution in [2.24, 2.45) is 0 Å². The Morgan fingerprint density at radius 2 is 2.00 bits per heavy atom. The summed E-state index contributed by atoms with van der Waals surface area (Å²) in [4.78, 5) is 21.1. The van der Waals surface area contributed by atoms with Gasteiger partial charge in [-0.1, -0.05) is 18.2 Å². The van der Waals surface area contributed by atoms with Gasteiger partial charge in [0.05, 0.1) is 0 Å². The van der Waals surface area contributed by atoms with Gasteiger partial charge in [0.15, 0.2) is 6.61 Å². The van der Waals surface area contributed by atoms with Gasteiger partial charge in [0.25, 0.3) is 0 Å². The van der Waals surface area contributed by atoms with Crippen LogP contribution in [0.3, 0.4) is 0 Å². The van der Waals surface area contributed by atoms with Crippen LogP contribution in [-0.2, 0) is 16.1 Å². The lowest BCUT2D eigenvalue weighted by atomic mass is 10.2. The Balaban J connectivity index is 2.64. The van der Waals surface area contributed by atoms with E-state index in [1.807, 2.05) is 0 Å². The molecule has 0 radical (unpaired) electrons. The normalized spacial score (nSPS) is 11.8. The Kier molecular flexibility index (Phi) is 5.13. The van der Waals surface area contributed by atoms with Crippen molar-refractivity contribution >= 4 is 11.9 Å². The number of carboxylic acid groups (broad SMARTS) is 2. The van der Waals surface area contributed by atoms with Crippen LogP contribution in [0.4, 0.5) is 0 Å². The quantitative estimate of drug-likeness (QED) is 0.662. The number of benzene rings is 1. The zero-order chi connectivity index (χ0) is 13.5. The molecule has 0 aliphatic carbocycles. The van der Waals surface area contributed by atoms with Crippen LogP contribution < -0.4 is 10.1 Å². The number of para-hydroxylation sites is 1. The molecule has 3 N–H and O–H groups in total. The Bertz CT molecular complexity index is 432. The highest BCUT2D eigenvalue weighted by Crippen LogP contribution is 2.17. The average molecular weight is 253 g/mol. The van der Waals surface area contributed by atoms with E-state index < -0.39 is 24.6 Å². The van der Waals surface area contributed by atoms with Crippen molar-refractivity contribution in [1.29, 1.82) is 0 Å². The van der Waals surface area contributed by atoms with E-state index >= 15 is 0 Å². The van der Waals surface area contributed by atoms with E-state index in [1.165, 1.54) is 6.92 Å². The van der Waals surface area contributed by atoms with Crippen molar-refractivity contribution < 1.29 is 24.5 Å². The number of nitrogens with one attached hydrogen (secondary N) is 1. The fraction of sp³-hybridized carbons (Fsp3) is 0.333. The minimum atomic E-state index is -1.06. The Morgan fingerprint density at radius 3 is 2.61 bits per heavy atom. The summed E-state index contributed by atoms with van der Waals surface area (Å²) in [5.41, 5.74) is 0.715. The molecule has 0 aliphatic rings. The molecule has 0 fully saturated rings. The Morgan fingerprint density at radius 1 is 1.33 bits per heavy atom. The molecule has 0 saturated heterocycles. The lowest BCUT2D eigenvalue weighted by Gasteiger charge is -2.12. The average Bonchev–Trinajstić information content (AvgIpc) is 2.34. The third kappa shape index (κ3) is 4.42. The highest BCUT2D eigenvalue weighted by Gasteiger charge is 2.11. The zero-order valence-electron chi connectivity index (χ0n) is 9.92. The summed E-state index contributed by atoms with van der Waals surface area (Å²) < 4.78 is 5.10. The summed E-state index contributed by atoms with van der Waals surface area (Å²) in [6.07, 6.45) is 0. The first-order chi connectivity index (χ1) is 8.50. The van der Waals surface area contributed by atoms with Gasteiger partial charge in [-0.05, 0) is 13.0 Å². The smallest absolute Gasteiger partial charge is 0.341 e. The molecule has 0 amide bonds. The summed E-state index contributed by atoms with van der Waals surface area (Å²) in [6.45, 7) is 1.40. The topological polar surface area (TPSA) is 95.9 Å². The fourth-order valence-electron chi connectivity index (χ4n) is 1.28. The third-order valence-electron chi connectivity index (χ3n) is 2.29. The molecule has 1 aromatic carbocycles. The second-order valence-electron chi connectivity index (χ2n) is 3.73. The molecule has 0 spiro atoms. The number of rotatable bonds is 7. The summed E-state index contributed by atoms with van der Waals surface area (Å²) in [5, 5.41) is 20.1. The standard InChI is InChI=1S/C12H15NO5/c1-8(12(16)17)13-6-9-4-2-3-5-10(9)18-7-11(14)15/h2-5,8,13H,6-7H2,1H3,(H,14,15)(H,16,17). The van der Waals surface area contributed by atoms with Gasteiger partial charge in [0.2, 0.25) is 0 Å². The van der Waals surface area contributed by atoms with Gasteiger partial charge in [-0.25, -0.2) is 4.79 Å². The molecule has 6 nitrogen and oxygen atoms in total. The van der Waals surface area contributed by atoms with Gasteiger partial charge in [0, 0.05) is 12.1 Å². The van der Waals surface area contributed by atoms with Crippen LogP contribution in [0.25, 0.3) is 0 Å². The first-order valence-corrected chi connectivity index (χ1v) is 5.39. The van der Waals surface area contributed by atoms with Crippen LogP contribution in [0.2, 0.25) is 0 Å². The maximum Gasteiger partial charge on any atom is 0.341 e. The SMILES string of the molecule is CC(NCc1ccccc1OCC(=O)O)C(=O)O. The highest BCUT2D eigenvalue weighted by atomic mass is 16.5. The number of carboxylic acids is 2. The maximum atomic E-state index is 10.6. The first kappa shape index (κ1) is 14.0. The Hall–Kier alpha value is -2.08. The van der Waals surface area contributed by atoms with Crippen LogP contribution >= 0.6 is 0 Å². The Labute approximate surface area is 104 Å². The molecule has 98 valence electrons. The van der Waals surface area contributed by atoms with E-state index in [0.717, 1.165) is 0 Å². The van der Waals surface area contributed by atoms with Crippen molar-refractivity contribution in [2.75, 3.05) is 6.61 Å². The predicted octanol–water partition coefficient (Wildman–Crippen LogP) is 0.713. The number of hydrogen-bond donors (Lipinski definition) is 3. The molecule has 0 saturated carbocycles. The van der Waals surface area contributed by atoms with E-state index in [9.17, 15) is 9.59 Å². The van der Waals surface area contributed by atoms with Crippen molar-refractivity contribution in [2.45, 2.75) is 19.5 Å². The lowest BCUT2D eigenvalue weighted by molar-refractivity contribution is -0.140. The second kappa shape index (κ2) is 6.61. The highest BCUT2D eigenvalue weighted by molar-refractivity contribution is 5.72. The van der Waals surface area contributed by atoms with Crippen LogP contribution in [-0.4, -0.2) is 34.8 Å². The molecule has 0 heterocycles. The zero-order valence-corrected chi connectivity index (χ0v) is 9.92. The molecule has 1 aromatic rings. The van der Waals surface area contributed by atoms with Gasteiger partial charge in [-0.2, -0.15) is 0 Å². The van der Waals surface area contributed by atoms with Gasteiger partial charge < -0.3 is 20.3 Å². The van der Waals surface area contributed by atoms with Gasteiger partial charge in [-0.15, -0.1) is 0 Å². The van der Waals surface area contributed by atoms with Crippen LogP contribution in [0.1, 0.15) is 12.5 Å². The number of hydrogen-bond acceptors (Lipinski definition) is 4. The number of aliphatic carboxylic acids is 2. The fourth-order valence-corrected chi connectivity index (χ4v) is 1.28. The number of carbonyl (C=O) groups is 2. The molecule has 0 aromatic heterocycles. The molecule has 0 bridgehead atoms. The van der Waals surface area contributed by atoms with Gasteiger partial charge in [-0.3, -0.25) is 4.79 Å². The van der Waals surface area contributed by atoms with E-state index in [2.05, 4.69) is 5.32 Å². The summed E-state index contributed by atoms with van der Waals surface area (Å²) >= 11 is 0. The summed E-state index contributed by atoms with van der Waals surface area (Å²) in [6, 6.07) is 6.21. The minimum Gasteiger partial charge on any atom is -0.482 e. The van der Waals surface area contributed by atoms with Crippen molar-refractivity contribution in [3.05, 3.63) is 29.8 Å². The largest absolute Gasteiger partial charge is 0.482 e. The molecule has 1 unspecified atom stereocenters. The van der Waals surface area contributed by atoms with Crippen molar-refractivity contribution in [3.63, 3.8) is 0 Å². The maximum absolute atomic E-state index is 10.6. The monoisotopic (exact) mass is 253 g/mol. The van der Waals surface area contributed by atoms with Gasteiger partial charge in [0.1, 0.15) is 11.8 Å². The van der Waals surface area contributed by atoms with Crippen LogP contribution in [0.15, 0.2) is 24.3 Å². The van der Waals surface area contributed by atoms with Gasteiger partial charge >= 0.3 is 11.9 Å². The predicted molar refractivity (Wildman–Crippen MR) is 63.5 cm³/mol. The van der Waals surface area contributed by atoms with E-state index in [0.29, 0.717) is 17.9 Å². The molecule has 18 heavy (non-hydrogen) atoms. The first-order valence-electron chi connectivity index (χ1n) is 5.39. The molecule has 6 heteroatoms. The van der Waals surface area contributed by atoms with E-state index in [4.69, 9.17) is 14.9 Å². The van der Waals surface area contributed by atoms with E-state index in [-0.39, 0.29) is 0 Å². The third-order valence-corrected chi connectivity index (χ3v) is 2.29. The molecule has 1 rings (SSSR count). The molecule has 0 aliphatic heterocycles. The van der Waals surface area contributed by atoms with E-state index in [1.54, 1.807) is 24.3 Å². The number of ether oxygens (including phenoxy) is 1. The second-order valence-corrected chi connectivity index (χ2v) is 3.73. The molecular weight excluding hydrogens is 238 g/mol. The summed E-state index contributed by atoms with van der Waals surface area (Å²) in [7, 11) is 0. The van der Waals surface area contributed by atoms with Crippen LogP contribution in [0, 0.1) is 0 Å². The minimum absolute atomic E-state index is 0.295. The molecular formula is C12H15NO5. The summed E-state index contributed by atoms with van der Waals surface area (Å²) in [5.74, 6) is -1.57. The lowest BCUT2D eigenvalue weighted by Crippen LogP contribution is -2.33. The van der Waals surface area contributed by atoms with Crippen molar-refractivity contribution in [3.8, 4) is 5.75 Å². The molecule has 1 atom stereocenters. The van der Waals surface area contributed by atoms with Crippen molar-refractivity contribution in [1.82, 2.24) is 5.32 Å².